The van der Waals surface area contributed by atoms with Gasteiger partial charge >= 0.3 is 0 Å². The number of rotatable bonds is 6. The molecule has 4 fully saturated rings. The SMILES string of the molecule is CC(CCC[C@@H](C)[C@H]1CC[C@H]2[C@@H]3CCC4CCCC[C@]4(C)[C@H]3CC[C@]12C)C(=O)Cl. The number of hydrogen-bond acceptors (Lipinski definition) is 1. The second-order valence-electron chi connectivity index (χ2n) is 12.2. The van der Waals surface area contributed by atoms with Crippen molar-refractivity contribution >= 4 is 16.8 Å². The molecule has 4 aliphatic rings. The minimum atomic E-state index is -0.157. The lowest BCUT2D eigenvalue weighted by Gasteiger charge is -2.61. The van der Waals surface area contributed by atoms with E-state index >= 15 is 0 Å². The zero-order chi connectivity index (χ0) is 20.8. The van der Waals surface area contributed by atoms with E-state index in [0.29, 0.717) is 10.8 Å². The van der Waals surface area contributed by atoms with E-state index in [4.69, 9.17) is 11.6 Å². The number of carbonyl (C=O) groups is 1. The lowest BCUT2D eigenvalue weighted by Crippen LogP contribution is -2.53. The second kappa shape index (κ2) is 8.48. The van der Waals surface area contributed by atoms with E-state index in [1.807, 2.05) is 6.92 Å². The topological polar surface area (TPSA) is 17.1 Å². The van der Waals surface area contributed by atoms with Gasteiger partial charge in [-0.25, -0.2) is 0 Å². The lowest BCUT2D eigenvalue weighted by molar-refractivity contribution is -0.115. The molecule has 0 aromatic carbocycles. The van der Waals surface area contributed by atoms with Crippen LogP contribution in [0.5, 0.6) is 0 Å². The van der Waals surface area contributed by atoms with Crippen LogP contribution in [0.15, 0.2) is 0 Å². The van der Waals surface area contributed by atoms with E-state index in [1.54, 1.807) is 0 Å². The van der Waals surface area contributed by atoms with E-state index in [1.165, 1.54) is 70.6 Å². The maximum absolute atomic E-state index is 11.3. The third-order valence-corrected chi connectivity index (χ3v) is 11.4. The summed E-state index contributed by atoms with van der Waals surface area (Å²) in [6.45, 7) is 9.88. The summed E-state index contributed by atoms with van der Waals surface area (Å²) in [6.07, 6.45) is 18.4. The average Bonchev–Trinajstić information content (AvgIpc) is 3.04. The fourth-order valence-electron chi connectivity index (χ4n) is 9.33. The highest BCUT2D eigenvalue weighted by Gasteiger charge is 2.59. The van der Waals surface area contributed by atoms with Crippen molar-refractivity contribution in [3.63, 3.8) is 0 Å². The molecule has 0 N–H and O–H groups in total. The lowest BCUT2D eigenvalue weighted by atomic mass is 9.44. The van der Waals surface area contributed by atoms with Crippen LogP contribution in [0.2, 0.25) is 0 Å². The first kappa shape index (κ1) is 22.2. The number of fused-ring (bicyclic) bond motifs is 5. The second-order valence-corrected chi connectivity index (χ2v) is 12.6. The van der Waals surface area contributed by atoms with Crippen LogP contribution in [0.4, 0.5) is 0 Å². The van der Waals surface area contributed by atoms with Gasteiger partial charge in [-0.2, -0.15) is 0 Å². The Balaban J connectivity index is 1.42. The minimum Gasteiger partial charge on any atom is -0.281 e. The third-order valence-electron chi connectivity index (χ3n) is 11.0. The molecule has 4 rings (SSSR count). The van der Waals surface area contributed by atoms with Crippen molar-refractivity contribution in [1.29, 1.82) is 0 Å². The maximum atomic E-state index is 11.3. The molecule has 0 aromatic heterocycles. The molecule has 0 spiro atoms. The van der Waals surface area contributed by atoms with Gasteiger partial charge < -0.3 is 0 Å². The van der Waals surface area contributed by atoms with Gasteiger partial charge in [-0.15, -0.1) is 0 Å². The maximum Gasteiger partial charge on any atom is 0.224 e. The van der Waals surface area contributed by atoms with Crippen molar-refractivity contribution in [1.82, 2.24) is 0 Å². The largest absolute Gasteiger partial charge is 0.281 e. The van der Waals surface area contributed by atoms with Crippen LogP contribution in [0.25, 0.3) is 0 Å². The van der Waals surface area contributed by atoms with Crippen LogP contribution >= 0.6 is 11.6 Å². The van der Waals surface area contributed by atoms with E-state index in [2.05, 4.69) is 20.8 Å². The Morgan fingerprint density at radius 1 is 0.897 bits per heavy atom. The quantitative estimate of drug-likeness (QED) is 0.395. The summed E-state index contributed by atoms with van der Waals surface area (Å²) in [5.74, 6) is 5.76. The summed E-state index contributed by atoms with van der Waals surface area (Å²) in [4.78, 5) is 11.3. The van der Waals surface area contributed by atoms with Crippen LogP contribution in [-0.2, 0) is 4.79 Å². The fourth-order valence-corrected chi connectivity index (χ4v) is 9.44. The summed E-state index contributed by atoms with van der Waals surface area (Å²) in [5, 5.41) is -0.157. The van der Waals surface area contributed by atoms with Crippen molar-refractivity contribution in [2.75, 3.05) is 0 Å². The monoisotopic (exact) mass is 420 g/mol. The van der Waals surface area contributed by atoms with Gasteiger partial charge in [0.15, 0.2) is 0 Å². The third kappa shape index (κ3) is 3.85. The summed E-state index contributed by atoms with van der Waals surface area (Å²) in [5.41, 5.74) is 1.24. The first-order valence-electron chi connectivity index (χ1n) is 13.0. The van der Waals surface area contributed by atoms with Crippen molar-refractivity contribution < 1.29 is 4.79 Å². The van der Waals surface area contributed by atoms with Crippen molar-refractivity contribution in [3.05, 3.63) is 0 Å². The Bertz CT molecular complexity index is 601. The summed E-state index contributed by atoms with van der Waals surface area (Å²) in [6, 6.07) is 0. The van der Waals surface area contributed by atoms with Gasteiger partial charge in [-0.1, -0.05) is 53.4 Å². The first-order valence-corrected chi connectivity index (χ1v) is 13.3. The van der Waals surface area contributed by atoms with Crippen molar-refractivity contribution in [2.24, 2.45) is 52.3 Å². The molecule has 2 unspecified atom stereocenters. The molecular formula is C27H45ClO. The highest BCUT2D eigenvalue weighted by molar-refractivity contribution is 6.63. The molecule has 4 saturated carbocycles. The van der Waals surface area contributed by atoms with Gasteiger partial charge in [0.2, 0.25) is 5.24 Å². The Labute approximate surface area is 185 Å². The van der Waals surface area contributed by atoms with E-state index in [0.717, 1.165) is 48.3 Å². The number of hydrogen-bond donors (Lipinski definition) is 0. The van der Waals surface area contributed by atoms with Gasteiger partial charge in [0.25, 0.3) is 0 Å². The molecule has 0 aliphatic heterocycles. The average molecular weight is 421 g/mol. The predicted octanol–water partition coefficient (Wildman–Crippen LogP) is 8.24. The summed E-state index contributed by atoms with van der Waals surface area (Å²) < 4.78 is 0. The molecule has 166 valence electrons. The molecule has 4 aliphatic carbocycles. The molecular weight excluding hydrogens is 376 g/mol. The molecule has 0 amide bonds. The molecule has 2 heteroatoms. The Kier molecular flexibility index (Phi) is 6.48. The van der Waals surface area contributed by atoms with Crippen molar-refractivity contribution in [3.8, 4) is 0 Å². The molecule has 9 atom stereocenters. The predicted molar refractivity (Wildman–Crippen MR) is 123 cm³/mol. The first-order chi connectivity index (χ1) is 13.8. The summed E-state index contributed by atoms with van der Waals surface area (Å²) >= 11 is 5.67. The standard InChI is InChI=1S/C27H45ClO/c1-18(8-7-9-19(2)25(28)29)22-13-14-23-21-12-11-20-10-5-6-16-26(20,3)24(21)15-17-27(22,23)4/h18-24H,5-17H2,1-4H3/t18-,19?,20?,21+,22-,23+,24+,26+,27-/m1/s1. The zero-order valence-electron chi connectivity index (χ0n) is 19.5. The molecule has 0 radical (unpaired) electrons. The number of halogens is 1. The van der Waals surface area contributed by atoms with Crippen molar-refractivity contribution in [2.45, 2.75) is 111 Å². The van der Waals surface area contributed by atoms with Crippen LogP contribution in [-0.4, -0.2) is 5.24 Å². The normalized spacial score (nSPS) is 46.3. The van der Waals surface area contributed by atoms with Crippen LogP contribution in [0.1, 0.15) is 111 Å². The highest BCUT2D eigenvalue weighted by atomic mass is 35.5. The molecule has 29 heavy (non-hydrogen) atoms. The van der Waals surface area contributed by atoms with Crippen LogP contribution in [0, 0.1) is 52.3 Å². The van der Waals surface area contributed by atoms with Gasteiger partial charge in [0.05, 0.1) is 0 Å². The van der Waals surface area contributed by atoms with Gasteiger partial charge in [-0.3, -0.25) is 4.79 Å². The molecule has 1 nitrogen and oxygen atoms in total. The van der Waals surface area contributed by atoms with Gasteiger partial charge in [0.1, 0.15) is 0 Å². The van der Waals surface area contributed by atoms with E-state index in [-0.39, 0.29) is 11.2 Å². The summed E-state index contributed by atoms with van der Waals surface area (Å²) in [7, 11) is 0. The smallest absolute Gasteiger partial charge is 0.224 e. The zero-order valence-corrected chi connectivity index (χ0v) is 20.3. The molecule has 0 bridgehead atoms. The Morgan fingerprint density at radius 2 is 1.66 bits per heavy atom. The van der Waals surface area contributed by atoms with Gasteiger partial charge in [-0.05, 0) is 116 Å². The molecule has 0 aromatic rings. The van der Waals surface area contributed by atoms with Crippen LogP contribution < -0.4 is 0 Å². The van der Waals surface area contributed by atoms with Crippen LogP contribution in [0.3, 0.4) is 0 Å². The Morgan fingerprint density at radius 3 is 2.41 bits per heavy atom. The fraction of sp³-hybridized carbons (Fsp3) is 0.963. The van der Waals surface area contributed by atoms with E-state index < -0.39 is 0 Å². The highest BCUT2D eigenvalue weighted by Crippen LogP contribution is 2.68. The van der Waals surface area contributed by atoms with E-state index in [9.17, 15) is 4.79 Å². The Hall–Kier alpha value is -0.0400. The van der Waals surface area contributed by atoms with Gasteiger partial charge in [0, 0.05) is 5.92 Å². The minimum absolute atomic E-state index is 0.0256. The molecule has 0 saturated heterocycles. The molecule has 0 heterocycles. The number of carbonyl (C=O) groups excluding carboxylic acids is 1.